The minimum atomic E-state index is -0.905. The van der Waals surface area contributed by atoms with Gasteiger partial charge in [-0.1, -0.05) is 20.8 Å². The predicted octanol–water partition coefficient (Wildman–Crippen LogP) is 4.82. The lowest BCUT2D eigenvalue weighted by Gasteiger charge is -2.17. The molecule has 0 radical (unpaired) electrons. The number of rotatable bonds is 12. The first-order valence-electron chi connectivity index (χ1n) is 15.0. The summed E-state index contributed by atoms with van der Waals surface area (Å²) in [6.07, 6.45) is 5.33. The Kier molecular flexibility index (Phi) is 9.98. The summed E-state index contributed by atoms with van der Waals surface area (Å²) < 4.78 is 0. The van der Waals surface area contributed by atoms with Gasteiger partial charge in [-0.25, -0.2) is 0 Å². The molecule has 0 bridgehead atoms. The van der Waals surface area contributed by atoms with Gasteiger partial charge in [0.15, 0.2) is 0 Å². The van der Waals surface area contributed by atoms with Crippen LogP contribution in [0.1, 0.15) is 92.0 Å². The van der Waals surface area contributed by atoms with Crippen molar-refractivity contribution in [3.8, 4) is 0 Å². The van der Waals surface area contributed by atoms with Crippen molar-refractivity contribution in [3.05, 3.63) is 67.6 Å². The zero-order valence-electron chi connectivity index (χ0n) is 26.1. The van der Waals surface area contributed by atoms with Crippen LogP contribution in [0.25, 0.3) is 12.2 Å². The number of H-pyrrole nitrogens is 2. The van der Waals surface area contributed by atoms with Crippen LogP contribution in [0.5, 0.6) is 0 Å². The van der Waals surface area contributed by atoms with E-state index >= 15 is 0 Å². The van der Waals surface area contributed by atoms with Crippen molar-refractivity contribution >= 4 is 48.5 Å². The quantitative estimate of drug-likeness (QED) is 0.168. The van der Waals surface area contributed by atoms with E-state index in [4.69, 9.17) is 0 Å². The molecule has 2 aliphatic heterocycles. The monoisotopic (exact) mass is 622 g/mol. The summed E-state index contributed by atoms with van der Waals surface area (Å²) in [5, 5.41) is 24.8. The summed E-state index contributed by atoms with van der Waals surface area (Å²) in [6.45, 7) is 11.6. The van der Waals surface area contributed by atoms with Gasteiger partial charge in [0.05, 0.1) is 0 Å². The summed E-state index contributed by atoms with van der Waals surface area (Å²) in [7, 11) is 0. The predicted molar refractivity (Wildman–Crippen MR) is 172 cm³/mol. The maximum absolute atomic E-state index is 12.5. The number of aromatic nitrogens is 2. The summed E-state index contributed by atoms with van der Waals surface area (Å²) >= 11 is 4.63. The Labute approximate surface area is 262 Å². The second kappa shape index (κ2) is 13.3. The average molecular weight is 623 g/mol. The lowest BCUT2D eigenvalue weighted by atomic mass is 9.91. The molecule has 2 amide bonds. The summed E-state index contributed by atoms with van der Waals surface area (Å²) in [4.78, 5) is 55.0. The van der Waals surface area contributed by atoms with E-state index in [1.54, 1.807) is 0 Å². The number of amides is 2. The van der Waals surface area contributed by atoms with Gasteiger partial charge in [-0.05, 0) is 80.0 Å². The first kappa shape index (κ1) is 32.9. The van der Waals surface area contributed by atoms with Gasteiger partial charge in [0.2, 0.25) is 5.91 Å². The number of thiol groups is 1. The lowest BCUT2D eigenvalue weighted by Crippen LogP contribution is -2.19. The molecule has 1 fully saturated rings. The molecular formula is C33H42N4O6S. The number of aliphatic carboxylic acids is 2. The minimum absolute atomic E-state index is 0.0501. The minimum Gasteiger partial charge on any atom is -0.481 e. The van der Waals surface area contributed by atoms with Crippen LogP contribution in [0.3, 0.4) is 0 Å². The molecule has 1 saturated heterocycles. The van der Waals surface area contributed by atoms with Crippen molar-refractivity contribution in [3.63, 3.8) is 0 Å². The van der Waals surface area contributed by atoms with Crippen LogP contribution in [-0.4, -0.2) is 49.2 Å². The Morgan fingerprint density at radius 2 is 1.43 bits per heavy atom. The summed E-state index contributed by atoms with van der Waals surface area (Å²) in [5.41, 5.74) is 9.83. The Morgan fingerprint density at radius 3 is 1.89 bits per heavy atom. The van der Waals surface area contributed by atoms with Crippen LogP contribution >= 0.6 is 12.6 Å². The average Bonchev–Trinajstić information content (AvgIpc) is 3.59. The first-order valence-corrected chi connectivity index (χ1v) is 15.5. The van der Waals surface area contributed by atoms with E-state index in [-0.39, 0.29) is 41.7 Å². The van der Waals surface area contributed by atoms with Crippen LogP contribution in [0.2, 0.25) is 0 Å². The van der Waals surface area contributed by atoms with E-state index in [0.717, 1.165) is 61.9 Å². The zero-order chi connectivity index (χ0) is 32.5. The molecule has 0 aromatic carbocycles. The molecule has 236 valence electrons. The Hall–Kier alpha value is -3.99. The number of hydrogen-bond donors (Lipinski definition) is 7. The van der Waals surface area contributed by atoms with Crippen molar-refractivity contribution < 1.29 is 29.4 Å². The molecule has 2 aromatic heterocycles. The van der Waals surface area contributed by atoms with Crippen molar-refractivity contribution in [2.75, 3.05) is 0 Å². The second-order valence-electron chi connectivity index (χ2n) is 11.8. The third kappa shape index (κ3) is 6.72. The fourth-order valence-corrected chi connectivity index (χ4v) is 6.84. The van der Waals surface area contributed by atoms with E-state index in [0.29, 0.717) is 31.4 Å². The summed E-state index contributed by atoms with van der Waals surface area (Å²) in [5.74, 6) is -2.29. The normalized spacial score (nSPS) is 21.0. The molecule has 4 rings (SSSR count). The highest BCUT2D eigenvalue weighted by Gasteiger charge is 2.37. The first-order chi connectivity index (χ1) is 20.7. The Balaban J connectivity index is 1.79. The second-order valence-corrected chi connectivity index (χ2v) is 12.6. The van der Waals surface area contributed by atoms with E-state index in [9.17, 15) is 29.4 Å². The van der Waals surface area contributed by atoms with Gasteiger partial charge in [0.1, 0.15) is 0 Å². The molecule has 0 saturated carbocycles. The van der Waals surface area contributed by atoms with Crippen molar-refractivity contribution in [2.45, 2.75) is 85.3 Å². The Morgan fingerprint density at radius 1 is 0.909 bits per heavy atom. The van der Waals surface area contributed by atoms with Crippen molar-refractivity contribution in [1.29, 1.82) is 0 Å². The number of hydrogen-bond acceptors (Lipinski definition) is 5. The Bertz CT molecular complexity index is 1610. The lowest BCUT2D eigenvalue weighted by molar-refractivity contribution is -0.138. The van der Waals surface area contributed by atoms with E-state index in [1.165, 1.54) is 0 Å². The fourth-order valence-electron chi connectivity index (χ4n) is 6.43. The molecule has 44 heavy (non-hydrogen) atoms. The van der Waals surface area contributed by atoms with Crippen molar-refractivity contribution in [2.24, 2.45) is 11.8 Å². The SMILES string of the molecule is CCC1=C(C)/C(=C/c2[nH]c(Cc3[nH]c(/C=C4/NC(=O)[C@H](C)[C@H]4[C@@H](C)S)c(C)c3CCC(=O)O)c(CCC(=O)O)c2C)NC1=O. The standard InChI is InChI=1S/C33H42N4O6S/c1-7-20-15(2)25(36-33(20)43)12-23-16(3)21(8-10-29(38)39)26(34-23)14-27-22(9-11-30(40)41)17(4)24(35-27)13-28-31(19(6)44)18(5)32(42)37-28/h12-13,18-19,31,34-35,44H,7-11,14H2,1-6H3,(H,36,43)(H,37,42)(H,38,39)(H,40,41)/b25-12-,28-13+/t18-,19-,31+/m1/s1. The van der Waals surface area contributed by atoms with Gasteiger partial charge in [-0.3, -0.25) is 19.2 Å². The number of aromatic amines is 2. The molecule has 3 atom stereocenters. The van der Waals surface area contributed by atoms with Gasteiger partial charge in [0, 0.05) is 76.1 Å². The van der Waals surface area contributed by atoms with E-state index in [1.807, 2.05) is 53.7 Å². The number of carbonyl (C=O) groups excluding carboxylic acids is 2. The number of allylic oxidation sites excluding steroid dienone is 2. The number of nitrogens with one attached hydrogen (secondary N) is 4. The van der Waals surface area contributed by atoms with Crippen LogP contribution < -0.4 is 10.6 Å². The maximum atomic E-state index is 12.5. The highest BCUT2D eigenvalue weighted by atomic mass is 32.1. The molecule has 2 aromatic rings. The van der Waals surface area contributed by atoms with Crippen LogP contribution in [0.4, 0.5) is 0 Å². The van der Waals surface area contributed by atoms with Gasteiger partial charge in [-0.15, -0.1) is 0 Å². The van der Waals surface area contributed by atoms with E-state index in [2.05, 4.69) is 33.2 Å². The molecule has 2 aliphatic rings. The van der Waals surface area contributed by atoms with Crippen LogP contribution in [0, 0.1) is 25.7 Å². The van der Waals surface area contributed by atoms with Crippen molar-refractivity contribution in [1.82, 2.24) is 20.6 Å². The van der Waals surface area contributed by atoms with Gasteiger partial charge in [-0.2, -0.15) is 12.6 Å². The molecule has 10 nitrogen and oxygen atoms in total. The van der Waals surface area contributed by atoms with Gasteiger partial charge in [0.25, 0.3) is 5.91 Å². The fraction of sp³-hybridized carbons (Fsp3) is 0.455. The molecule has 0 spiro atoms. The van der Waals surface area contributed by atoms with Crippen LogP contribution in [0.15, 0.2) is 22.5 Å². The molecule has 4 heterocycles. The van der Waals surface area contributed by atoms with Crippen LogP contribution in [-0.2, 0) is 38.4 Å². The summed E-state index contributed by atoms with van der Waals surface area (Å²) in [6, 6.07) is 0. The molecular weight excluding hydrogens is 580 g/mol. The highest BCUT2D eigenvalue weighted by molar-refractivity contribution is 7.80. The maximum Gasteiger partial charge on any atom is 0.303 e. The third-order valence-corrected chi connectivity index (χ3v) is 9.29. The number of carboxylic acids is 2. The largest absolute Gasteiger partial charge is 0.481 e. The van der Waals surface area contributed by atoms with E-state index < -0.39 is 11.9 Å². The smallest absolute Gasteiger partial charge is 0.303 e. The topological polar surface area (TPSA) is 164 Å². The third-order valence-electron chi connectivity index (χ3n) is 8.96. The molecule has 6 N–H and O–H groups in total. The zero-order valence-corrected chi connectivity index (χ0v) is 27.0. The molecule has 11 heteroatoms. The highest BCUT2D eigenvalue weighted by Crippen LogP contribution is 2.35. The van der Waals surface area contributed by atoms with Gasteiger partial charge >= 0.3 is 11.9 Å². The number of carboxylic acid groups (broad SMARTS) is 2. The molecule has 0 aliphatic carbocycles. The molecule has 0 unspecified atom stereocenters. The number of carbonyl (C=O) groups is 4. The van der Waals surface area contributed by atoms with Gasteiger partial charge < -0.3 is 30.8 Å².